The molecule has 1 fully saturated rings. The van der Waals surface area contributed by atoms with Crippen molar-refractivity contribution in [3.63, 3.8) is 0 Å². The molecule has 1 atom stereocenters. The molecule has 0 N–H and O–H groups in total. The van der Waals surface area contributed by atoms with E-state index >= 15 is 0 Å². The SMILES string of the molecule is O=C1CSCC1c1nc(-c2cccnc2)no1. The molecule has 1 unspecified atom stereocenters. The van der Waals surface area contributed by atoms with Crippen molar-refractivity contribution in [2.45, 2.75) is 5.92 Å². The summed E-state index contributed by atoms with van der Waals surface area (Å²) in [6.45, 7) is 0. The Balaban J connectivity index is 1.91. The van der Waals surface area contributed by atoms with Crippen LogP contribution in [0, 0.1) is 0 Å². The minimum absolute atomic E-state index is 0.163. The summed E-state index contributed by atoms with van der Waals surface area (Å²) >= 11 is 1.60. The fourth-order valence-electron chi connectivity index (χ4n) is 1.67. The van der Waals surface area contributed by atoms with Gasteiger partial charge in [-0.15, -0.1) is 0 Å². The second kappa shape index (κ2) is 4.29. The fourth-order valence-corrected chi connectivity index (χ4v) is 2.75. The van der Waals surface area contributed by atoms with Crippen molar-refractivity contribution < 1.29 is 9.32 Å². The Morgan fingerprint density at radius 1 is 1.47 bits per heavy atom. The Bertz CT molecular complexity index is 541. The predicted octanol–water partition coefficient (Wildman–Crippen LogP) is 1.53. The number of aromatic nitrogens is 3. The Labute approximate surface area is 102 Å². The van der Waals surface area contributed by atoms with Crippen molar-refractivity contribution in [1.82, 2.24) is 15.1 Å². The summed E-state index contributed by atoms with van der Waals surface area (Å²) in [7, 11) is 0. The van der Waals surface area contributed by atoms with Gasteiger partial charge in [-0.3, -0.25) is 9.78 Å². The van der Waals surface area contributed by atoms with Gasteiger partial charge in [-0.2, -0.15) is 16.7 Å². The monoisotopic (exact) mass is 247 g/mol. The van der Waals surface area contributed by atoms with Gasteiger partial charge in [0.05, 0.1) is 5.75 Å². The number of hydrogen-bond donors (Lipinski definition) is 0. The lowest BCUT2D eigenvalue weighted by atomic mass is 10.1. The van der Waals surface area contributed by atoms with E-state index in [1.54, 1.807) is 24.2 Å². The Hall–Kier alpha value is -1.69. The smallest absolute Gasteiger partial charge is 0.238 e. The van der Waals surface area contributed by atoms with Crippen LogP contribution in [0.25, 0.3) is 11.4 Å². The maximum Gasteiger partial charge on any atom is 0.238 e. The van der Waals surface area contributed by atoms with Crippen LogP contribution in [0.2, 0.25) is 0 Å². The number of carbonyl (C=O) groups is 1. The lowest BCUT2D eigenvalue weighted by Gasteiger charge is -1.97. The molecule has 17 heavy (non-hydrogen) atoms. The molecule has 1 saturated heterocycles. The number of rotatable bonds is 2. The molecule has 2 aromatic heterocycles. The van der Waals surface area contributed by atoms with Gasteiger partial charge in [0, 0.05) is 23.7 Å². The molecule has 1 aliphatic heterocycles. The number of pyridine rings is 1. The van der Waals surface area contributed by atoms with Gasteiger partial charge in [0.1, 0.15) is 5.92 Å². The van der Waals surface area contributed by atoms with Crippen molar-refractivity contribution >= 4 is 17.5 Å². The summed E-state index contributed by atoms with van der Waals surface area (Å²) in [5.74, 6) is 2.09. The van der Waals surface area contributed by atoms with Gasteiger partial charge in [0.15, 0.2) is 5.78 Å². The van der Waals surface area contributed by atoms with Crippen molar-refractivity contribution in [1.29, 1.82) is 0 Å². The summed E-state index contributed by atoms with van der Waals surface area (Å²) in [4.78, 5) is 19.8. The summed E-state index contributed by atoms with van der Waals surface area (Å²) < 4.78 is 5.15. The third kappa shape index (κ3) is 1.95. The summed E-state index contributed by atoms with van der Waals surface area (Å²) in [6, 6.07) is 3.66. The largest absolute Gasteiger partial charge is 0.338 e. The van der Waals surface area contributed by atoms with Crippen LogP contribution in [0.5, 0.6) is 0 Å². The highest BCUT2D eigenvalue weighted by Gasteiger charge is 2.31. The topological polar surface area (TPSA) is 68.9 Å². The molecule has 3 heterocycles. The first-order valence-corrected chi connectivity index (χ1v) is 6.34. The first kappa shape index (κ1) is 10.5. The normalized spacial score (nSPS) is 19.8. The molecule has 0 radical (unpaired) electrons. The molecule has 3 rings (SSSR count). The first-order chi connectivity index (χ1) is 8.34. The molecule has 1 aliphatic rings. The van der Waals surface area contributed by atoms with Crippen molar-refractivity contribution in [2.75, 3.05) is 11.5 Å². The van der Waals surface area contributed by atoms with Crippen LogP contribution in [-0.2, 0) is 4.79 Å². The molecule has 0 bridgehead atoms. The molecule has 5 nitrogen and oxygen atoms in total. The summed E-state index contributed by atoms with van der Waals surface area (Å²) in [5.41, 5.74) is 0.792. The number of Topliss-reactive ketones (excluding diaryl/α,β-unsaturated/α-hetero) is 1. The van der Waals surface area contributed by atoms with Crippen LogP contribution in [0.15, 0.2) is 29.0 Å². The molecule has 0 aromatic carbocycles. The van der Waals surface area contributed by atoms with Crippen LogP contribution in [0.3, 0.4) is 0 Å². The highest BCUT2D eigenvalue weighted by Crippen LogP contribution is 2.29. The summed E-state index contributed by atoms with van der Waals surface area (Å²) in [6.07, 6.45) is 3.35. The Kier molecular flexibility index (Phi) is 2.64. The quantitative estimate of drug-likeness (QED) is 0.801. The van der Waals surface area contributed by atoms with Crippen LogP contribution >= 0.6 is 11.8 Å². The average Bonchev–Trinajstić information content (AvgIpc) is 2.98. The molecule has 0 aliphatic carbocycles. The number of carbonyl (C=O) groups excluding carboxylic acids is 1. The van der Waals surface area contributed by atoms with E-state index in [1.165, 1.54) is 0 Å². The maximum absolute atomic E-state index is 11.6. The van der Waals surface area contributed by atoms with E-state index in [0.29, 0.717) is 17.5 Å². The minimum atomic E-state index is -0.238. The molecular weight excluding hydrogens is 238 g/mol. The van der Waals surface area contributed by atoms with E-state index in [-0.39, 0.29) is 11.7 Å². The molecule has 86 valence electrons. The van der Waals surface area contributed by atoms with Gasteiger partial charge in [-0.25, -0.2) is 0 Å². The molecule has 0 spiro atoms. The highest BCUT2D eigenvalue weighted by atomic mass is 32.2. The molecule has 0 amide bonds. The molecule has 2 aromatic rings. The van der Waals surface area contributed by atoms with E-state index in [0.717, 1.165) is 11.3 Å². The van der Waals surface area contributed by atoms with E-state index in [2.05, 4.69) is 15.1 Å². The lowest BCUT2D eigenvalue weighted by Crippen LogP contribution is -2.09. The van der Waals surface area contributed by atoms with Crippen molar-refractivity contribution in [3.8, 4) is 11.4 Å². The minimum Gasteiger partial charge on any atom is -0.338 e. The van der Waals surface area contributed by atoms with E-state index in [4.69, 9.17) is 4.52 Å². The van der Waals surface area contributed by atoms with Gasteiger partial charge >= 0.3 is 0 Å². The zero-order valence-corrected chi connectivity index (χ0v) is 9.68. The Morgan fingerprint density at radius 2 is 2.41 bits per heavy atom. The van der Waals surface area contributed by atoms with E-state index in [9.17, 15) is 4.79 Å². The number of hydrogen-bond acceptors (Lipinski definition) is 6. The van der Waals surface area contributed by atoms with Gasteiger partial charge in [-0.1, -0.05) is 5.16 Å². The third-order valence-corrected chi connectivity index (χ3v) is 3.63. The zero-order chi connectivity index (χ0) is 11.7. The van der Waals surface area contributed by atoms with E-state index in [1.807, 2.05) is 12.1 Å². The molecule has 0 saturated carbocycles. The van der Waals surface area contributed by atoms with Gasteiger partial charge in [-0.05, 0) is 12.1 Å². The first-order valence-electron chi connectivity index (χ1n) is 5.19. The molecular formula is C11H9N3O2S. The van der Waals surface area contributed by atoms with Crippen LogP contribution < -0.4 is 0 Å². The van der Waals surface area contributed by atoms with Crippen LogP contribution in [0.4, 0.5) is 0 Å². The van der Waals surface area contributed by atoms with Gasteiger partial charge < -0.3 is 4.52 Å². The second-order valence-corrected chi connectivity index (χ2v) is 4.76. The predicted molar refractivity (Wildman–Crippen MR) is 62.6 cm³/mol. The molecule has 6 heteroatoms. The van der Waals surface area contributed by atoms with Crippen molar-refractivity contribution in [2.24, 2.45) is 0 Å². The van der Waals surface area contributed by atoms with Crippen molar-refractivity contribution in [3.05, 3.63) is 30.4 Å². The van der Waals surface area contributed by atoms with Gasteiger partial charge in [0.2, 0.25) is 11.7 Å². The summed E-state index contributed by atoms with van der Waals surface area (Å²) in [5, 5.41) is 3.88. The third-order valence-electron chi connectivity index (χ3n) is 2.58. The maximum atomic E-state index is 11.6. The average molecular weight is 247 g/mol. The number of ketones is 1. The Morgan fingerprint density at radius 3 is 3.12 bits per heavy atom. The number of nitrogens with zero attached hydrogens (tertiary/aromatic N) is 3. The standard InChI is InChI=1S/C11H9N3O2S/c15-9-6-17-5-8(9)11-13-10(14-16-11)7-2-1-3-12-4-7/h1-4,8H,5-6H2. The van der Waals surface area contributed by atoms with Crippen LogP contribution in [-0.4, -0.2) is 32.4 Å². The van der Waals surface area contributed by atoms with Gasteiger partial charge in [0.25, 0.3) is 0 Å². The highest BCUT2D eigenvalue weighted by molar-refractivity contribution is 8.00. The zero-order valence-electron chi connectivity index (χ0n) is 8.87. The van der Waals surface area contributed by atoms with Crippen LogP contribution in [0.1, 0.15) is 11.8 Å². The second-order valence-electron chi connectivity index (χ2n) is 3.73. The number of thioether (sulfide) groups is 1. The fraction of sp³-hybridized carbons (Fsp3) is 0.273. The lowest BCUT2D eigenvalue weighted by molar-refractivity contribution is -0.117. The van der Waals surface area contributed by atoms with E-state index < -0.39 is 0 Å².